The molecule has 0 aliphatic heterocycles. The lowest BCUT2D eigenvalue weighted by Gasteiger charge is -2.10. The molecule has 0 aliphatic carbocycles. The summed E-state index contributed by atoms with van der Waals surface area (Å²) in [6.45, 7) is 4.19. The Kier molecular flexibility index (Phi) is 4.68. The summed E-state index contributed by atoms with van der Waals surface area (Å²) in [6.07, 6.45) is 0. The van der Waals surface area contributed by atoms with Crippen molar-refractivity contribution in [2.45, 2.75) is 28.5 Å². The van der Waals surface area contributed by atoms with Crippen molar-refractivity contribution in [1.82, 2.24) is 0 Å². The molecule has 146 valence electrons. The van der Waals surface area contributed by atoms with Gasteiger partial charge >= 0.3 is 0 Å². The van der Waals surface area contributed by atoms with Crippen molar-refractivity contribution < 1.29 is 4.42 Å². The van der Waals surface area contributed by atoms with E-state index in [0.29, 0.717) is 21.9 Å². The second kappa shape index (κ2) is 7.51. The summed E-state index contributed by atoms with van der Waals surface area (Å²) in [7, 11) is -0.310. The fourth-order valence-corrected chi connectivity index (χ4v) is 5.74. The van der Waals surface area contributed by atoms with Crippen molar-refractivity contribution in [3.63, 3.8) is 0 Å². The van der Waals surface area contributed by atoms with Gasteiger partial charge in [-0.2, -0.15) is 0 Å². The van der Waals surface area contributed by atoms with Crippen molar-refractivity contribution in [1.29, 1.82) is 0 Å². The molecule has 5 aromatic rings. The van der Waals surface area contributed by atoms with Crippen LogP contribution in [0.1, 0.15) is 11.1 Å². The van der Waals surface area contributed by atoms with E-state index in [1.807, 2.05) is 36.4 Å². The van der Waals surface area contributed by atoms with E-state index in [0.717, 1.165) is 4.90 Å². The third-order valence-corrected chi connectivity index (χ3v) is 7.51. The Labute approximate surface area is 178 Å². The van der Waals surface area contributed by atoms with Crippen LogP contribution in [0.4, 0.5) is 0 Å². The SMILES string of the molecule is Cc1ccc([S+](c2ccc(C)cc2)c2ccc3oc4ccccc4c(=O)c3c2)cc1. The van der Waals surface area contributed by atoms with Crippen LogP contribution in [0, 0.1) is 13.8 Å². The van der Waals surface area contributed by atoms with Crippen molar-refractivity contribution >= 4 is 32.8 Å². The molecule has 0 aliphatic rings. The second-order valence-electron chi connectivity index (χ2n) is 7.52. The highest BCUT2D eigenvalue weighted by Gasteiger charge is 2.29. The van der Waals surface area contributed by atoms with E-state index in [-0.39, 0.29) is 16.3 Å². The molecule has 1 aromatic heterocycles. The summed E-state index contributed by atoms with van der Waals surface area (Å²) in [5, 5.41) is 1.25. The number of hydrogen-bond donors (Lipinski definition) is 0. The van der Waals surface area contributed by atoms with E-state index in [4.69, 9.17) is 4.42 Å². The monoisotopic (exact) mass is 409 g/mol. The average Bonchev–Trinajstić information content (AvgIpc) is 2.77. The second-order valence-corrected chi connectivity index (χ2v) is 9.54. The van der Waals surface area contributed by atoms with Crippen LogP contribution in [-0.2, 0) is 10.9 Å². The number of rotatable bonds is 3. The largest absolute Gasteiger partial charge is 0.456 e. The van der Waals surface area contributed by atoms with Gasteiger partial charge in [-0.15, -0.1) is 0 Å². The predicted molar refractivity (Wildman–Crippen MR) is 125 cm³/mol. The Morgan fingerprint density at radius 3 is 1.77 bits per heavy atom. The molecule has 1 heterocycles. The van der Waals surface area contributed by atoms with Crippen LogP contribution in [0.25, 0.3) is 21.9 Å². The maximum Gasteiger partial charge on any atom is 0.200 e. The zero-order valence-corrected chi connectivity index (χ0v) is 17.7. The molecule has 0 radical (unpaired) electrons. The van der Waals surface area contributed by atoms with Crippen molar-refractivity contribution in [3.05, 3.63) is 112 Å². The predicted octanol–water partition coefficient (Wildman–Crippen LogP) is 6.66. The third-order valence-electron chi connectivity index (χ3n) is 5.30. The van der Waals surface area contributed by atoms with Crippen LogP contribution in [0.2, 0.25) is 0 Å². The first kappa shape index (κ1) is 18.7. The van der Waals surface area contributed by atoms with Crippen LogP contribution >= 0.6 is 0 Å². The number of hydrogen-bond acceptors (Lipinski definition) is 2. The van der Waals surface area contributed by atoms with E-state index in [1.165, 1.54) is 20.9 Å². The van der Waals surface area contributed by atoms with Crippen LogP contribution < -0.4 is 5.43 Å². The normalized spacial score (nSPS) is 11.4. The Morgan fingerprint density at radius 2 is 1.13 bits per heavy atom. The lowest BCUT2D eigenvalue weighted by Crippen LogP contribution is -2.07. The van der Waals surface area contributed by atoms with Crippen LogP contribution in [-0.4, -0.2) is 0 Å². The lowest BCUT2D eigenvalue weighted by molar-refractivity contribution is 0.659. The molecule has 3 heteroatoms. The molecule has 5 rings (SSSR count). The molecular formula is C27H21O2S+. The molecule has 0 N–H and O–H groups in total. The lowest BCUT2D eigenvalue weighted by atomic mass is 10.1. The van der Waals surface area contributed by atoms with Gasteiger partial charge in [-0.1, -0.05) is 47.5 Å². The van der Waals surface area contributed by atoms with E-state index in [1.54, 1.807) is 0 Å². The van der Waals surface area contributed by atoms with E-state index >= 15 is 0 Å². The van der Waals surface area contributed by atoms with Gasteiger partial charge < -0.3 is 4.42 Å². The van der Waals surface area contributed by atoms with Gasteiger partial charge in [-0.05, 0) is 62.4 Å². The van der Waals surface area contributed by atoms with Gasteiger partial charge in [-0.3, -0.25) is 4.79 Å². The van der Waals surface area contributed by atoms with Crippen LogP contribution in [0.3, 0.4) is 0 Å². The molecule has 0 amide bonds. The zero-order chi connectivity index (χ0) is 20.7. The molecule has 30 heavy (non-hydrogen) atoms. The summed E-state index contributed by atoms with van der Waals surface area (Å²) >= 11 is 0. The molecule has 0 atom stereocenters. The van der Waals surface area contributed by atoms with Crippen LogP contribution in [0.5, 0.6) is 0 Å². The van der Waals surface area contributed by atoms with Gasteiger partial charge in [0.25, 0.3) is 0 Å². The molecule has 0 saturated carbocycles. The average molecular weight is 410 g/mol. The molecule has 0 saturated heterocycles. The minimum absolute atomic E-state index is 0.0186. The summed E-state index contributed by atoms with van der Waals surface area (Å²) in [5.74, 6) is 0. The highest BCUT2D eigenvalue weighted by atomic mass is 32.2. The molecule has 0 unspecified atom stereocenters. The van der Waals surface area contributed by atoms with E-state index < -0.39 is 0 Å². The molecule has 4 aromatic carbocycles. The first-order valence-corrected chi connectivity index (χ1v) is 11.2. The molecule has 2 nitrogen and oxygen atoms in total. The minimum Gasteiger partial charge on any atom is -0.456 e. The zero-order valence-electron chi connectivity index (χ0n) is 16.9. The quantitative estimate of drug-likeness (QED) is 0.246. The standard InChI is InChI=1S/C27H21O2S/c1-18-7-11-20(12-8-18)30(21-13-9-19(2)10-14-21)22-15-16-26-24(17-22)27(28)23-5-3-4-6-25(23)29-26/h3-17H,1-2H3/q+1. The van der Waals surface area contributed by atoms with Gasteiger partial charge in [0, 0.05) is 6.07 Å². The number of fused-ring (bicyclic) bond motifs is 2. The Bertz CT molecular complexity index is 1370. The maximum atomic E-state index is 13.2. The van der Waals surface area contributed by atoms with Gasteiger partial charge in [0.2, 0.25) is 5.43 Å². The highest BCUT2D eigenvalue weighted by molar-refractivity contribution is 7.97. The Hall–Kier alpha value is -3.30. The van der Waals surface area contributed by atoms with Crippen molar-refractivity contribution in [2.75, 3.05) is 0 Å². The Balaban J connectivity index is 1.74. The molecular weight excluding hydrogens is 388 g/mol. The fraction of sp³-hybridized carbons (Fsp3) is 0.0741. The molecule has 0 bridgehead atoms. The smallest absolute Gasteiger partial charge is 0.200 e. The highest BCUT2D eigenvalue weighted by Crippen LogP contribution is 2.33. The van der Waals surface area contributed by atoms with Gasteiger partial charge in [0.1, 0.15) is 11.2 Å². The number of para-hydroxylation sites is 1. The van der Waals surface area contributed by atoms with Gasteiger partial charge in [0.15, 0.2) is 14.7 Å². The Morgan fingerprint density at radius 1 is 0.600 bits per heavy atom. The number of benzene rings is 4. The molecule has 0 fully saturated rings. The van der Waals surface area contributed by atoms with E-state index in [9.17, 15) is 4.79 Å². The topological polar surface area (TPSA) is 30.2 Å². The minimum atomic E-state index is -0.310. The van der Waals surface area contributed by atoms with Gasteiger partial charge in [-0.25, -0.2) is 0 Å². The van der Waals surface area contributed by atoms with Crippen molar-refractivity contribution in [2.24, 2.45) is 0 Å². The van der Waals surface area contributed by atoms with E-state index in [2.05, 4.69) is 68.4 Å². The first-order chi connectivity index (χ1) is 14.6. The van der Waals surface area contributed by atoms with Gasteiger partial charge in [0.05, 0.1) is 21.7 Å². The first-order valence-electron chi connectivity index (χ1n) is 9.93. The van der Waals surface area contributed by atoms with Crippen LogP contribution in [0.15, 0.2) is 115 Å². The maximum absolute atomic E-state index is 13.2. The third kappa shape index (κ3) is 3.31. The number of aryl methyl sites for hydroxylation is 2. The fourth-order valence-electron chi connectivity index (χ4n) is 3.67. The summed E-state index contributed by atoms with van der Waals surface area (Å²) in [5.41, 5.74) is 3.73. The summed E-state index contributed by atoms with van der Waals surface area (Å²) in [4.78, 5) is 16.7. The summed E-state index contributed by atoms with van der Waals surface area (Å²) < 4.78 is 6.01. The molecule has 0 spiro atoms. The van der Waals surface area contributed by atoms with Crippen molar-refractivity contribution in [3.8, 4) is 0 Å². The summed E-state index contributed by atoms with van der Waals surface area (Å²) in [6, 6.07) is 30.8.